The van der Waals surface area contributed by atoms with E-state index < -0.39 is 5.41 Å². The zero-order valence-electron chi connectivity index (χ0n) is 12.0. The first-order valence-electron chi connectivity index (χ1n) is 6.11. The predicted molar refractivity (Wildman–Crippen MR) is 81.2 cm³/mol. The van der Waals surface area contributed by atoms with Crippen molar-refractivity contribution in [1.29, 1.82) is 0 Å². The number of allylic oxidation sites excluding steroid dienone is 1. The Balaban J connectivity index is 3.28. The molecule has 0 fully saturated rings. The lowest BCUT2D eigenvalue weighted by Crippen LogP contribution is -2.28. The molecule has 0 saturated heterocycles. The molecule has 0 saturated carbocycles. The average molecular weight is 296 g/mol. The van der Waals surface area contributed by atoms with E-state index in [9.17, 15) is 9.59 Å². The number of hydrogen-bond acceptors (Lipinski definition) is 3. The van der Waals surface area contributed by atoms with Crippen molar-refractivity contribution < 1.29 is 14.3 Å². The summed E-state index contributed by atoms with van der Waals surface area (Å²) in [6.07, 6.45) is 3.52. The first-order valence-corrected chi connectivity index (χ1v) is 6.49. The van der Waals surface area contributed by atoms with Gasteiger partial charge in [-0.1, -0.05) is 32.4 Å². The molecule has 0 aliphatic heterocycles. The quantitative estimate of drug-likeness (QED) is 0.683. The molecular formula is C15H18ClNO3. The van der Waals surface area contributed by atoms with Crippen molar-refractivity contribution in [3.8, 4) is 5.75 Å². The molecule has 0 radical (unpaired) electrons. The predicted octanol–water partition coefficient (Wildman–Crippen LogP) is 3.55. The molecule has 0 atom stereocenters. The van der Waals surface area contributed by atoms with Crippen molar-refractivity contribution in [2.45, 2.75) is 20.8 Å². The summed E-state index contributed by atoms with van der Waals surface area (Å²) >= 11 is 6.05. The Morgan fingerprint density at radius 3 is 2.50 bits per heavy atom. The summed E-state index contributed by atoms with van der Waals surface area (Å²) in [6.45, 7) is 5.45. The average Bonchev–Trinajstić information content (AvgIpc) is 2.37. The Hall–Kier alpha value is -1.81. The summed E-state index contributed by atoms with van der Waals surface area (Å²) in [5.41, 5.74) is 0.576. The van der Waals surface area contributed by atoms with Crippen LogP contribution in [0.5, 0.6) is 5.75 Å². The fourth-order valence-corrected chi connectivity index (χ4v) is 1.74. The monoisotopic (exact) mass is 295 g/mol. The number of carbonyl (C=O) groups excluding carboxylic acids is 2. The van der Waals surface area contributed by atoms with E-state index in [0.29, 0.717) is 28.3 Å². The second-order valence-electron chi connectivity index (χ2n) is 5.24. The molecule has 1 aromatic rings. The lowest BCUT2D eigenvalue weighted by atomic mass is 9.95. The number of rotatable bonds is 4. The Morgan fingerprint density at radius 2 is 2.00 bits per heavy atom. The van der Waals surface area contributed by atoms with E-state index in [2.05, 4.69) is 5.32 Å². The van der Waals surface area contributed by atoms with Gasteiger partial charge in [-0.25, -0.2) is 0 Å². The van der Waals surface area contributed by atoms with E-state index >= 15 is 0 Å². The van der Waals surface area contributed by atoms with Crippen LogP contribution < -0.4 is 10.1 Å². The highest BCUT2D eigenvalue weighted by Crippen LogP contribution is 2.35. The maximum atomic E-state index is 12.1. The number of ether oxygens (including phenoxy) is 1. The molecular weight excluding hydrogens is 278 g/mol. The molecule has 0 heterocycles. The molecule has 20 heavy (non-hydrogen) atoms. The van der Waals surface area contributed by atoms with E-state index in [1.807, 2.05) is 20.8 Å². The van der Waals surface area contributed by atoms with Gasteiger partial charge >= 0.3 is 0 Å². The first-order chi connectivity index (χ1) is 9.31. The summed E-state index contributed by atoms with van der Waals surface area (Å²) in [5.74, 6) is 0.277. The molecule has 108 valence electrons. The lowest BCUT2D eigenvalue weighted by Gasteiger charge is -2.20. The van der Waals surface area contributed by atoms with Crippen LogP contribution in [0.25, 0.3) is 6.08 Å². The van der Waals surface area contributed by atoms with E-state index in [0.717, 1.165) is 0 Å². The SMILES string of the molecule is COc1c(Cl)ccc(NC(=O)C(C)(C)C)c1C=CC=O. The number of amides is 1. The van der Waals surface area contributed by atoms with Crippen LogP contribution in [0.3, 0.4) is 0 Å². The summed E-state index contributed by atoms with van der Waals surface area (Å²) in [6, 6.07) is 3.32. The smallest absolute Gasteiger partial charge is 0.229 e. The van der Waals surface area contributed by atoms with Crippen molar-refractivity contribution in [2.75, 3.05) is 12.4 Å². The second kappa shape index (κ2) is 6.57. The molecule has 0 unspecified atom stereocenters. The van der Waals surface area contributed by atoms with Crippen LogP contribution in [0.4, 0.5) is 5.69 Å². The highest BCUT2D eigenvalue weighted by Gasteiger charge is 2.23. The van der Waals surface area contributed by atoms with Crippen molar-refractivity contribution in [3.05, 3.63) is 28.8 Å². The largest absolute Gasteiger partial charge is 0.494 e. The molecule has 1 N–H and O–H groups in total. The molecule has 0 aromatic heterocycles. The Bertz CT molecular complexity index is 545. The van der Waals surface area contributed by atoms with Crippen molar-refractivity contribution in [3.63, 3.8) is 0 Å². The minimum atomic E-state index is -0.529. The van der Waals surface area contributed by atoms with Crippen molar-refractivity contribution in [2.24, 2.45) is 5.41 Å². The van der Waals surface area contributed by atoms with Crippen LogP contribution >= 0.6 is 11.6 Å². The van der Waals surface area contributed by atoms with Crippen LogP contribution in [0.15, 0.2) is 18.2 Å². The topological polar surface area (TPSA) is 55.4 Å². The number of halogens is 1. The molecule has 1 aromatic carbocycles. The summed E-state index contributed by atoms with van der Waals surface area (Å²) in [4.78, 5) is 22.6. The number of anilines is 1. The molecule has 0 aliphatic carbocycles. The van der Waals surface area contributed by atoms with Crippen LogP contribution in [0.1, 0.15) is 26.3 Å². The molecule has 0 aliphatic rings. The number of nitrogens with one attached hydrogen (secondary N) is 1. The minimum absolute atomic E-state index is 0.136. The van der Waals surface area contributed by atoms with Gasteiger partial charge in [-0.05, 0) is 24.3 Å². The fourth-order valence-electron chi connectivity index (χ4n) is 1.50. The van der Waals surface area contributed by atoms with E-state index in [-0.39, 0.29) is 5.91 Å². The summed E-state index contributed by atoms with van der Waals surface area (Å²) < 4.78 is 5.23. The van der Waals surface area contributed by atoms with Gasteiger partial charge in [-0.2, -0.15) is 0 Å². The molecule has 0 spiro atoms. The third kappa shape index (κ3) is 3.84. The van der Waals surface area contributed by atoms with Gasteiger partial charge in [0, 0.05) is 11.0 Å². The van der Waals surface area contributed by atoms with Gasteiger partial charge in [0.2, 0.25) is 5.91 Å². The lowest BCUT2D eigenvalue weighted by molar-refractivity contribution is -0.123. The highest BCUT2D eigenvalue weighted by atomic mass is 35.5. The Morgan fingerprint density at radius 1 is 1.35 bits per heavy atom. The van der Waals surface area contributed by atoms with Gasteiger partial charge in [-0.3, -0.25) is 9.59 Å². The molecule has 1 amide bonds. The first kappa shape index (κ1) is 16.2. The Kier molecular flexibility index (Phi) is 5.34. The van der Waals surface area contributed by atoms with Gasteiger partial charge in [0.05, 0.1) is 17.8 Å². The number of hydrogen-bond donors (Lipinski definition) is 1. The van der Waals surface area contributed by atoms with Crippen molar-refractivity contribution in [1.82, 2.24) is 0 Å². The standard InChI is InChI=1S/C15H18ClNO3/c1-15(2,3)14(19)17-12-8-7-11(16)13(20-4)10(12)6-5-9-18/h5-9H,1-4H3,(H,17,19). The fraction of sp³-hybridized carbons (Fsp3) is 0.333. The number of carbonyl (C=O) groups is 2. The highest BCUT2D eigenvalue weighted by molar-refractivity contribution is 6.32. The zero-order chi connectivity index (χ0) is 15.3. The third-order valence-electron chi connectivity index (χ3n) is 2.62. The number of aldehydes is 1. The van der Waals surface area contributed by atoms with Gasteiger partial charge in [0.15, 0.2) is 0 Å². The van der Waals surface area contributed by atoms with Gasteiger partial charge in [0.1, 0.15) is 12.0 Å². The normalized spacial score (nSPS) is 11.4. The molecule has 4 nitrogen and oxygen atoms in total. The van der Waals surface area contributed by atoms with E-state index in [1.54, 1.807) is 18.2 Å². The summed E-state index contributed by atoms with van der Waals surface area (Å²) in [7, 11) is 1.48. The van der Waals surface area contributed by atoms with E-state index in [1.165, 1.54) is 13.2 Å². The van der Waals surface area contributed by atoms with E-state index in [4.69, 9.17) is 16.3 Å². The minimum Gasteiger partial charge on any atom is -0.494 e. The van der Waals surface area contributed by atoms with Crippen LogP contribution in [0.2, 0.25) is 5.02 Å². The number of benzene rings is 1. The van der Waals surface area contributed by atoms with Crippen LogP contribution in [-0.2, 0) is 9.59 Å². The molecule has 1 rings (SSSR count). The third-order valence-corrected chi connectivity index (χ3v) is 2.92. The molecule has 0 bridgehead atoms. The summed E-state index contributed by atoms with van der Waals surface area (Å²) in [5, 5.41) is 3.23. The van der Waals surface area contributed by atoms with Gasteiger partial charge in [-0.15, -0.1) is 0 Å². The van der Waals surface area contributed by atoms with Gasteiger partial charge in [0.25, 0.3) is 0 Å². The number of methoxy groups -OCH3 is 1. The Labute approximate surface area is 123 Å². The zero-order valence-corrected chi connectivity index (χ0v) is 12.7. The maximum Gasteiger partial charge on any atom is 0.229 e. The van der Waals surface area contributed by atoms with Gasteiger partial charge < -0.3 is 10.1 Å². The van der Waals surface area contributed by atoms with Crippen LogP contribution in [0, 0.1) is 5.41 Å². The molecule has 5 heteroatoms. The second-order valence-corrected chi connectivity index (χ2v) is 5.65. The van der Waals surface area contributed by atoms with Crippen molar-refractivity contribution >= 4 is 35.6 Å². The van der Waals surface area contributed by atoms with Crippen LogP contribution in [-0.4, -0.2) is 19.3 Å². The maximum absolute atomic E-state index is 12.1.